The monoisotopic (exact) mass is 300 g/mol. The van der Waals surface area contributed by atoms with Crippen LogP contribution in [-0.4, -0.2) is 42.2 Å². The number of amides is 1. The Balaban J connectivity index is 2.47. The molecule has 1 unspecified atom stereocenters. The van der Waals surface area contributed by atoms with Crippen LogP contribution in [0.4, 0.5) is 5.69 Å². The van der Waals surface area contributed by atoms with Gasteiger partial charge in [0.1, 0.15) is 0 Å². The molecule has 94 valence electrons. The van der Waals surface area contributed by atoms with Gasteiger partial charge in [0, 0.05) is 16.2 Å². The van der Waals surface area contributed by atoms with Crippen LogP contribution < -0.4 is 5.32 Å². The number of aliphatic hydroxyl groups is 1. The highest BCUT2D eigenvalue weighted by Crippen LogP contribution is 2.13. The number of nitrogens with one attached hydrogen (secondary N) is 1. The molecule has 0 heterocycles. The molecule has 0 aliphatic heterocycles. The van der Waals surface area contributed by atoms with Crippen LogP contribution in [0.3, 0.4) is 0 Å². The number of aliphatic hydroxyl groups excluding tert-OH is 1. The van der Waals surface area contributed by atoms with Gasteiger partial charge in [-0.05, 0) is 38.2 Å². The first-order valence-electron chi connectivity index (χ1n) is 5.39. The number of carbonyl (C=O) groups excluding carboxylic acids is 1. The summed E-state index contributed by atoms with van der Waals surface area (Å²) in [5, 5.41) is 11.8. The van der Waals surface area contributed by atoms with Gasteiger partial charge in [0.05, 0.1) is 13.2 Å². The average molecular weight is 301 g/mol. The van der Waals surface area contributed by atoms with Crippen molar-refractivity contribution >= 4 is 27.5 Å². The second-order valence-corrected chi connectivity index (χ2v) is 4.92. The minimum Gasteiger partial charge on any atom is -0.395 e. The molecule has 0 fully saturated rings. The maximum atomic E-state index is 11.7. The molecule has 0 radical (unpaired) electrons. The van der Waals surface area contributed by atoms with Gasteiger partial charge < -0.3 is 10.4 Å². The Morgan fingerprint density at radius 2 is 2.06 bits per heavy atom. The van der Waals surface area contributed by atoms with Crippen molar-refractivity contribution in [1.29, 1.82) is 0 Å². The van der Waals surface area contributed by atoms with Crippen LogP contribution in [-0.2, 0) is 4.79 Å². The third-order valence-corrected chi connectivity index (χ3v) is 3.07. The summed E-state index contributed by atoms with van der Waals surface area (Å²) in [6, 6.07) is 7.38. The summed E-state index contributed by atoms with van der Waals surface area (Å²) in [5.41, 5.74) is 0.767. The summed E-state index contributed by atoms with van der Waals surface area (Å²) < 4.78 is 0.974. The number of carbonyl (C=O) groups is 1. The van der Waals surface area contributed by atoms with Gasteiger partial charge in [0.25, 0.3) is 0 Å². The van der Waals surface area contributed by atoms with Gasteiger partial charge in [-0.2, -0.15) is 0 Å². The van der Waals surface area contributed by atoms with Gasteiger partial charge in [-0.1, -0.05) is 15.9 Å². The van der Waals surface area contributed by atoms with Crippen molar-refractivity contribution in [3.63, 3.8) is 0 Å². The Morgan fingerprint density at radius 3 is 2.59 bits per heavy atom. The maximum Gasteiger partial charge on any atom is 0.238 e. The Morgan fingerprint density at radius 1 is 1.47 bits per heavy atom. The first-order chi connectivity index (χ1) is 8.02. The van der Waals surface area contributed by atoms with Gasteiger partial charge in [0.2, 0.25) is 5.91 Å². The zero-order chi connectivity index (χ0) is 12.8. The quantitative estimate of drug-likeness (QED) is 0.870. The Hall–Kier alpha value is -0.910. The number of likely N-dealkylation sites (N-methyl/N-ethyl adjacent to an activating group) is 1. The van der Waals surface area contributed by atoms with E-state index in [1.54, 1.807) is 4.90 Å². The number of hydrogen-bond acceptors (Lipinski definition) is 3. The fourth-order valence-corrected chi connectivity index (χ4v) is 1.52. The molecule has 17 heavy (non-hydrogen) atoms. The predicted octanol–water partition coefficient (Wildman–Crippen LogP) is 1.70. The van der Waals surface area contributed by atoms with Crippen molar-refractivity contribution in [2.24, 2.45) is 0 Å². The molecule has 0 saturated carbocycles. The highest BCUT2D eigenvalue weighted by Gasteiger charge is 2.11. The molecule has 5 heteroatoms. The lowest BCUT2D eigenvalue weighted by atomic mass is 10.3. The van der Waals surface area contributed by atoms with Crippen LogP contribution in [0, 0.1) is 0 Å². The second kappa shape index (κ2) is 6.74. The van der Waals surface area contributed by atoms with Gasteiger partial charge in [0.15, 0.2) is 0 Å². The number of rotatable bonds is 5. The highest BCUT2D eigenvalue weighted by molar-refractivity contribution is 9.10. The van der Waals surface area contributed by atoms with Crippen LogP contribution in [0.5, 0.6) is 0 Å². The first-order valence-corrected chi connectivity index (χ1v) is 6.18. The zero-order valence-electron chi connectivity index (χ0n) is 9.98. The molecule has 4 nitrogen and oxygen atoms in total. The number of hydrogen-bond donors (Lipinski definition) is 2. The van der Waals surface area contributed by atoms with E-state index >= 15 is 0 Å². The number of halogens is 1. The van der Waals surface area contributed by atoms with E-state index in [4.69, 9.17) is 5.11 Å². The second-order valence-electron chi connectivity index (χ2n) is 4.00. The fraction of sp³-hybridized carbons (Fsp3) is 0.417. The summed E-state index contributed by atoms with van der Waals surface area (Å²) in [6.45, 7) is 2.17. The van der Waals surface area contributed by atoms with Gasteiger partial charge in [-0.25, -0.2) is 0 Å². The Bertz CT molecular complexity index is 367. The lowest BCUT2D eigenvalue weighted by molar-refractivity contribution is -0.117. The minimum atomic E-state index is -0.0878. The number of nitrogens with zero attached hydrogens (tertiary/aromatic N) is 1. The molecule has 0 spiro atoms. The molecule has 1 amide bonds. The van der Waals surface area contributed by atoms with E-state index in [1.165, 1.54) is 0 Å². The third-order valence-electron chi connectivity index (χ3n) is 2.54. The topological polar surface area (TPSA) is 52.6 Å². The standard InChI is InChI=1S/C12H17BrN2O2/c1-9(8-16)15(2)7-12(17)14-11-5-3-10(13)4-6-11/h3-6,9,16H,7-8H2,1-2H3,(H,14,17). The van der Waals surface area contributed by atoms with E-state index in [0.29, 0.717) is 0 Å². The van der Waals surface area contributed by atoms with Crippen molar-refractivity contribution in [3.05, 3.63) is 28.7 Å². The molecule has 1 aromatic rings. The maximum absolute atomic E-state index is 11.7. The summed E-state index contributed by atoms with van der Waals surface area (Å²) in [4.78, 5) is 13.5. The van der Waals surface area contributed by atoms with Gasteiger partial charge in [-0.3, -0.25) is 9.69 Å². The summed E-state index contributed by atoms with van der Waals surface area (Å²) in [5.74, 6) is -0.0878. The summed E-state index contributed by atoms with van der Waals surface area (Å²) in [6.07, 6.45) is 0. The molecular weight excluding hydrogens is 284 g/mol. The summed E-state index contributed by atoms with van der Waals surface area (Å²) >= 11 is 3.33. The average Bonchev–Trinajstić information content (AvgIpc) is 2.30. The largest absolute Gasteiger partial charge is 0.395 e. The van der Waals surface area contributed by atoms with E-state index in [1.807, 2.05) is 38.2 Å². The molecule has 1 atom stereocenters. The van der Waals surface area contributed by atoms with Crippen LogP contribution in [0.2, 0.25) is 0 Å². The molecular formula is C12H17BrN2O2. The fourth-order valence-electron chi connectivity index (χ4n) is 1.26. The van der Waals surface area contributed by atoms with E-state index in [2.05, 4.69) is 21.2 Å². The lowest BCUT2D eigenvalue weighted by Gasteiger charge is -2.21. The Kier molecular flexibility index (Phi) is 5.61. The third kappa shape index (κ3) is 4.85. The molecule has 0 aliphatic rings. The van der Waals surface area contributed by atoms with Crippen molar-refractivity contribution < 1.29 is 9.90 Å². The molecule has 0 saturated heterocycles. The van der Waals surface area contributed by atoms with Crippen LogP contribution in [0.1, 0.15) is 6.92 Å². The SMILES string of the molecule is CC(CO)N(C)CC(=O)Nc1ccc(Br)cc1. The summed E-state index contributed by atoms with van der Waals surface area (Å²) in [7, 11) is 1.81. The van der Waals surface area contributed by atoms with Crippen molar-refractivity contribution in [3.8, 4) is 0 Å². The van der Waals surface area contributed by atoms with E-state index in [9.17, 15) is 4.79 Å². The molecule has 1 rings (SSSR count). The smallest absolute Gasteiger partial charge is 0.238 e. The van der Waals surface area contributed by atoms with Crippen molar-refractivity contribution in [1.82, 2.24) is 4.90 Å². The van der Waals surface area contributed by atoms with Crippen molar-refractivity contribution in [2.75, 3.05) is 25.5 Å². The van der Waals surface area contributed by atoms with Gasteiger partial charge >= 0.3 is 0 Å². The van der Waals surface area contributed by atoms with E-state index in [0.717, 1.165) is 10.2 Å². The van der Waals surface area contributed by atoms with Crippen LogP contribution in [0.25, 0.3) is 0 Å². The van der Waals surface area contributed by atoms with Crippen molar-refractivity contribution in [2.45, 2.75) is 13.0 Å². The number of benzene rings is 1. The molecule has 1 aromatic carbocycles. The predicted molar refractivity (Wildman–Crippen MR) is 71.9 cm³/mol. The molecule has 0 aromatic heterocycles. The van der Waals surface area contributed by atoms with Crippen LogP contribution >= 0.6 is 15.9 Å². The van der Waals surface area contributed by atoms with Crippen LogP contribution in [0.15, 0.2) is 28.7 Å². The molecule has 0 aliphatic carbocycles. The zero-order valence-corrected chi connectivity index (χ0v) is 11.6. The lowest BCUT2D eigenvalue weighted by Crippen LogP contribution is -2.38. The highest BCUT2D eigenvalue weighted by atomic mass is 79.9. The number of anilines is 1. The molecule has 0 bridgehead atoms. The first kappa shape index (κ1) is 14.2. The minimum absolute atomic E-state index is 0.0225. The van der Waals surface area contributed by atoms with E-state index in [-0.39, 0.29) is 25.1 Å². The normalized spacial score (nSPS) is 12.5. The van der Waals surface area contributed by atoms with E-state index < -0.39 is 0 Å². The molecule has 2 N–H and O–H groups in total. The Labute approximate surface area is 110 Å². The van der Waals surface area contributed by atoms with Gasteiger partial charge in [-0.15, -0.1) is 0 Å².